The Hall–Kier alpha value is -3.16. The number of halogens is 1. The van der Waals surface area contributed by atoms with Gasteiger partial charge in [0, 0.05) is 24.3 Å². The van der Waals surface area contributed by atoms with Crippen molar-refractivity contribution < 1.29 is 4.42 Å². The highest BCUT2D eigenvalue weighted by Crippen LogP contribution is 2.40. The Labute approximate surface area is 184 Å². The minimum absolute atomic E-state index is 0.107. The maximum atomic E-state index is 6.04. The van der Waals surface area contributed by atoms with E-state index in [0.717, 1.165) is 23.0 Å². The minimum atomic E-state index is -0.116. The van der Waals surface area contributed by atoms with E-state index >= 15 is 0 Å². The van der Waals surface area contributed by atoms with Crippen molar-refractivity contribution in [3.8, 4) is 5.82 Å². The summed E-state index contributed by atoms with van der Waals surface area (Å²) in [6.07, 6.45) is 7.11. The molecule has 6 nitrogen and oxygen atoms in total. The lowest BCUT2D eigenvalue weighted by molar-refractivity contribution is 0.280. The summed E-state index contributed by atoms with van der Waals surface area (Å²) in [6, 6.07) is 17.3. The van der Waals surface area contributed by atoms with E-state index in [0.29, 0.717) is 16.7 Å². The van der Waals surface area contributed by atoms with Crippen LogP contribution in [0.2, 0.25) is 5.02 Å². The molecule has 0 saturated carbocycles. The molecule has 5 heterocycles. The summed E-state index contributed by atoms with van der Waals surface area (Å²) >= 11 is 11.8. The van der Waals surface area contributed by atoms with Gasteiger partial charge in [0.2, 0.25) is 0 Å². The highest BCUT2D eigenvalue weighted by atomic mass is 35.5. The molecule has 0 bridgehead atoms. The lowest BCUT2D eigenvalue weighted by Crippen LogP contribution is -2.29. The van der Waals surface area contributed by atoms with Gasteiger partial charge in [0.25, 0.3) is 0 Å². The Morgan fingerprint density at radius 1 is 1.07 bits per heavy atom. The maximum absolute atomic E-state index is 6.04. The molecular weight excluding hydrogens is 418 g/mol. The van der Waals surface area contributed by atoms with Gasteiger partial charge in [-0.25, -0.2) is 4.98 Å². The first-order chi connectivity index (χ1) is 14.7. The minimum Gasteiger partial charge on any atom is -0.467 e. The van der Waals surface area contributed by atoms with Crippen molar-refractivity contribution in [3.05, 3.63) is 102 Å². The summed E-state index contributed by atoms with van der Waals surface area (Å²) in [5.74, 6) is 1.63. The van der Waals surface area contributed by atoms with E-state index in [1.54, 1.807) is 18.7 Å². The third-order valence-corrected chi connectivity index (χ3v) is 5.72. The molecule has 8 heteroatoms. The van der Waals surface area contributed by atoms with Crippen LogP contribution < -0.4 is 5.32 Å². The Bertz CT molecular complexity index is 1140. The van der Waals surface area contributed by atoms with Crippen molar-refractivity contribution >= 4 is 28.9 Å². The van der Waals surface area contributed by atoms with Gasteiger partial charge in [-0.1, -0.05) is 17.7 Å². The predicted octanol–water partition coefficient (Wildman–Crippen LogP) is 4.69. The van der Waals surface area contributed by atoms with Crippen LogP contribution in [-0.4, -0.2) is 24.5 Å². The number of hydrogen-bond acceptors (Lipinski definition) is 4. The quantitative estimate of drug-likeness (QED) is 0.459. The molecule has 1 aliphatic heterocycles. The molecule has 30 heavy (non-hydrogen) atoms. The summed E-state index contributed by atoms with van der Waals surface area (Å²) in [4.78, 5) is 11.2. The zero-order valence-electron chi connectivity index (χ0n) is 15.9. The van der Waals surface area contributed by atoms with E-state index in [-0.39, 0.29) is 12.1 Å². The molecule has 150 valence electrons. The molecule has 1 fully saturated rings. The lowest BCUT2D eigenvalue weighted by atomic mass is 10.0. The maximum Gasteiger partial charge on any atom is 0.170 e. The predicted molar refractivity (Wildman–Crippen MR) is 118 cm³/mol. The Morgan fingerprint density at radius 2 is 2.00 bits per heavy atom. The number of pyridine rings is 2. The third-order valence-electron chi connectivity index (χ3n) is 5.15. The van der Waals surface area contributed by atoms with Crippen molar-refractivity contribution in [1.82, 2.24) is 24.8 Å². The molecule has 4 aromatic heterocycles. The number of furan rings is 1. The lowest BCUT2D eigenvalue weighted by Gasteiger charge is -2.28. The topological polar surface area (TPSA) is 59.1 Å². The van der Waals surface area contributed by atoms with Crippen LogP contribution in [0.25, 0.3) is 5.82 Å². The van der Waals surface area contributed by atoms with E-state index < -0.39 is 0 Å². The van der Waals surface area contributed by atoms with Gasteiger partial charge in [-0.3, -0.25) is 4.98 Å². The first-order valence-electron chi connectivity index (χ1n) is 9.50. The second kappa shape index (κ2) is 7.93. The monoisotopic (exact) mass is 435 g/mol. The van der Waals surface area contributed by atoms with Crippen LogP contribution in [0.3, 0.4) is 0 Å². The molecule has 1 aliphatic rings. The van der Waals surface area contributed by atoms with Crippen LogP contribution in [0.1, 0.15) is 29.2 Å². The highest BCUT2D eigenvalue weighted by Gasteiger charge is 2.41. The number of hydrogen-bond donors (Lipinski definition) is 1. The van der Waals surface area contributed by atoms with Crippen LogP contribution in [0, 0.1) is 0 Å². The third kappa shape index (κ3) is 3.46. The van der Waals surface area contributed by atoms with E-state index in [9.17, 15) is 0 Å². The van der Waals surface area contributed by atoms with Crippen molar-refractivity contribution in [2.45, 2.75) is 18.6 Å². The van der Waals surface area contributed by atoms with Crippen LogP contribution >= 0.6 is 23.8 Å². The van der Waals surface area contributed by atoms with Crippen LogP contribution in [-0.2, 0) is 6.54 Å². The largest absolute Gasteiger partial charge is 0.467 e. The van der Waals surface area contributed by atoms with E-state index in [2.05, 4.69) is 30.8 Å². The summed E-state index contributed by atoms with van der Waals surface area (Å²) in [5.41, 5.74) is 1.96. The van der Waals surface area contributed by atoms with Gasteiger partial charge >= 0.3 is 0 Å². The van der Waals surface area contributed by atoms with Gasteiger partial charge in [0.15, 0.2) is 5.11 Å². The number of aromatic nitrogens is 3. The molecular formula is C22H18ClN5OS. The SMILES string of the molecule is S=C1N[C@H](c2ccccn2)[C@@H](c2cccn2-c2ccc(Cl)cn2)N1Cc1ccco1. The van der Waals surface area contributed by atoms with Gasteiger partial charge in [-0.2, -0.15) is 0 Å². The Balaban J connectivity index is 1.60. The molecule has 0 unspecified atom stereocenters. The molecule has 0 aliphatic carbocycles. The normalized spacial score (nSPS) is 18.6. The Kier molecular flexibility index (Phi) is 4.98. The molecule has 2 atom stereocenters. The smallest absolute Gasteiger partial charge is 0.170 e. The first-order valence-corrected chi connectivity index (χ1v) is 10.3. The molecule has 0 radical (unpaired) electrons. The molecule has 5 rings (SSSR count). The van der Waals surface area contributed by atoms with Crippen LogP contribution in [0.15, 0.2) is 83.9 Å². The molecule has 4 aromatic rings. The standard InChI is InChI=1S/C22H18ClN5OS/c23-15-8-9-19(25-13-15)27-11-3-7-18(27)21-20(17-6-1-2-10-24-17)26-22(30)28(21)14-16-5-4-12-29-16/h1-13,20-21H,14H2,(H,26,30)/t20-,21-/m1/s1. The summed E-state index contributed by atoms with van der Waals surface area (Å²) in [7, 11) is 0. The van der Waals surface area contributed by atoms with Gasteiger partial charge in [0.05, 0.1) is 35.6 Å². The van der Waals surface area contributed by atoms with Gasteiger partial charge in [-0.15, -0.1) is 0 Å². The summed E-state index contributed by atoms with van der Waals surface area (Å²) in [6.45, 7) is 0.548. The summed E-state index contributed by atoms with van der Waals surface area (Å²) in [5, 5.41) is 4.71. The summed E-state index contributed by atoms with van der Waals surface area (Å²) < 4.78 is 7.66. The zero-order valence-corrected chi connectivity index (χ0v) is 17.4. The zero-order chi connectivity index (χ0) is 20.5. The second-order valence-corrected chi connectivity index (χ2v) is 7.79. The highest BCUT2D eigenvalue weighted by molar-refractivity contribution is 7.80. The molecule has 0 amide bonds. The van der Waals surface area contributed by atoms with Crippen LogP contribution in [0.5, 0.6) is 0 Å². The fourth-order valence-electron chi connectivity index (χ4n) is 3.82. The molecule has 1 saturated heterocycles. The fraction of sp³-hybridized carbons (Fsp3) is 0.136. The fourth-order valence-corrected chi connectivity index (χ4v) is 4.24. The van der Waals surface area contributed by atoms with E-state index in [1.807, 2.05) is 54.7 Å². The Morgan fingerprint density at radius 3 is 2.73 bits per heavy atom. The van der Waals surface area contributed by atoms with Crippen LogP contribution in [0.4, 0.5) is 0 Å². The van der Waals surface area contributed by atoms with Crippen molar-refractivity contribution in [2.75, 3.05) is 0 Å². The van der Waals surface area contributed by atoms with E-state index in [4.69, 9.17) is 28.2 Å². The molecule has 1 N–H and O–H groups in total. The average molecular weight is 436 g/mol. The van der Waals surface area contributed by atoms with E-state index in [1.165, 1.54) is 0 Å². The number of nitrogens with zero attached hydrogens (tertiary/aromatic N) is 4. The van der Waals surface area contributed by atoms with Crippen molar-refractivity contribution in [3.63, 3.8) is 0 Å². The average Bonchev–Trinajstić information content (AvgIpc) is 3.51. The number of rotatable bonds is 5. The molecule has 0 aromatic carbocycles. The van der Waals surface area contributed by atoms with Crippen molar-refractivity contribution in [2.24, 2.45) is 0 Å². The second-order valence-electron chi connectivity index (χ2n) is 6.97. The number of nitrogens with one attached hydrogen (secondary N) is 1. The number of thiocarbonyl (C=S) groups is 1. The van der Waals surface area contributed by atoms with Gasteiger partial charge in [0.1, 0.15) is 11.6 Å². The van der Waals surface area contributed by atoms with Gasteiger partial charge in [-0.05, 0) is 60.7 Å². The molecule has 0 spiro atoms. The van der Waals surface area contributed by atoms with Gasteiger partial charge < -0.3 is 19.2 Å². The first kappa shape index (κ1) is 18.8. The van der Waals surface area contributed by atoms with Crippen molar-refractivity contribution in [1.29, 1.82) is 0 Å².